The number of carboxylic acids is 1. The molecule has 4 N–H and O–H groups in total. The molecule has 0 unspecified atom stereocenters. The van der Waals surface area contributed by atoms with E-state index in [1.165, 1.54) is 64.2 Å². The zero-order valence-electron chi connectivity index (χ0n) is 18.2. The van der Waals surface area contributed by atoms with Crippen LogP contribution in [-0.2, 0) is 9.59 Å². The number of carbonyl (C=O) groups excluding carboxylic acids is 1. The summed E-state index contributed by atoms with van der Waals surface area (Å²) in [5.41, 5.74) is 0. The Balaban J connectivity index is 3.63. The maximum atomic E-state index is 12.0. The van der Waals surface area contributed by atoms with Crippen LogP contribution in [0.1, 0.15) is 96.8 Å². The monoisotopic (exact) mass is 433 g/mol. The zero-order valence-corrected chi connectivity index (χ0v) is 19.1. The Hall–Kier alpha value is -0.790. The molecule has 0 heterocycles. The van der Waals surface area contributed by atoms with Crippen LogP contribution in [0.4, 0.5) is 0 Å². The molecule has 0 rings (SSSR count). The molecule has 0 radical (unpaired) electrons. The van der Waals surface area contributed by atoms with Gasteiger partial charge in [0.25, 0.3) is 0 Å². The summed E-state index contributed by atoms with van der Waals surface area (Å²) < 4.78 is 0. The first-order valence-corrected chi connectivity index (χ1v) is 12.5. The fourth-order valence-electron chi connectivity index (χ4n) is 3.14. The van der Waals surface area contributed by atoms with Gasteiger partial charge in [-0.25, -0.2) is 4.79 Å². The Morgan fingerprint density at radius 3 is 1.66 bits per heavy atom. The Labute approximate surface area is 181 Å². The van der Waals surface area contributed by atoms with Gasteiger partial charge in [-0.15, -0.1) is 0 Å². The van der Waals surface area contributed by atoms with Crippen molar-refractivity contribution in [2.45, 2.75) is 108 Å². The van der Waals surface area contributed by atoms with Crippen LogP contribution in [0.2, 0.25) is 0 Å². The molecule has 7 heteroatoms. The molecule has 0 aliphatic rings. The molecule has 0 aliphatic carbocycles. The van der Waals surface area contributed by atoms with E-state index in [9.17, 15) is 14.7 Å². The van der Waals surface area contributed by atoms with E-state index in [0.29, 0.717) is 6.42 Å². The largest absolute Gasteiger partial charge is 0.480 e. The van der Waals surface area contributed by atoms with Crippen molar-refractivity contribution in [1.29, 1.82) is 0 Å². The number of hydrogen-bond donors (Lipinski definition) is 4. The molecule has 0 saturated heterocycles. The topological polar surface area (TPSA) is 107 Å². The molecule has 0 saturated carbocycles. The van der Waals surface area contributed by atoms with Gasteiger partial charge in [0.1, 0.15) is 6.04 Å². The lowest BCUT2D eigenvalue weighted by Crippen LogP contribution is -2.43. The van der Waals surface area contributed by atoms with Gasteiger partial charge >= 0.3 is 5.97 Å². The van der Waals surface area contributed by atoms with Gasteiger partial charge in [-0.3, -0.25) is 4.79 Å². The zero-order chi connectivity index (χ0) is 21.7. The van der Waals surface area contributed by atoms with Crippen molar-refractivity contribution < 1.29 is 24.9 Å². The van der Waals surface area contributed by atoms with Gasteiger partial charge in [0.15, 0.2) is 0 Å². The number of carboxylic acid groups (broad SMARTS) is 1. The third kappa shape index (κ3) is 17.8. The molecular formula is C22H43NO5S. The van der Waals surface area contributed by atoms with E-state index in [2.05, 4.69) is 12.2 Å². The summed E-state index contributed by atoms with van der Waals surface area (Å²) in [6.07, 6.45) is 16.5. The molecule has 1 amide bonds. The average Bonchev–Trinajstić information content (AvgIpc) is 2.71. The lowest BCUT2D eigenvalue weighted by Gasteiger charge is -2.17. The van der Waals surface area contributed by atoms with E-state index in [-0.39, 0.29) is 24.9 Å². The number of aliphatic hydroxyl groups is 2. The first kappa shape index (κ1) is 28.2. The van der Waals surface area contributed by atoms with Gasteiger partial charge in [0.05, 0.1) is 18.5 Å². The molecule has 29 heavy (non-hydrogen) atoms. The van der Waals surface area contributed by atoms with Crippen LogP contribution in [0.5, 0.6) is 0 Å². The first-order chi connectivity index (χ1) is 14.0. The maximum Gasteiger partial charge on any atom is 0.327 e. The van der Waals surface area contributed by atoms with Crippen LogP contribution < -0.4 is 5.32 Å². The second kappa shape index (κ2) is 20.5. The molecule has 6 nitrogen and oxygen atoms in total. The lowest BCUT2D eigenvalue weighted by atomic mass is 10.0. The van der Waals surface area contributed by atoms with Gasteiger partial charge in [0, 0.05) is 12.2 Å². The van der Waals surface area contributed by atoms with E-state index >= 15 is 0 Å². The molecule has 0 aromatic heterocycles. The summed E-state index contributed by atoms with van der Waals surface area (Å²) in [6, 6.07) is -0.991. The molecular weight excluding hydrogens is 390 g/mol. The standard InChI is InChI=1S/C22H43NO5S/c1-2-3-4-5-6-7-8-9-10-11-12-13-14-15-21(26)23-20(22(27)28)18-29-19(16-24)17-25/h19-20,24-25H,2-18H2,1H3,(H,23,26)(H,27,28)/t20-/m0/s1. The fourth-order valence-corrected chi connectivity index (χ4v) is 4.04. The third-order valence-corrected chi connectivity index (χ3v) is 6.34. The van der Waals surface area contributed by atoms with Gasteiger partial charge in [-0.1, -0.05) is 84.0 Å². The van der Waals surface area contributed by atoms with Crippen molar-refractivity contribution in [3.8, 4) is 0 Å². The Bertz CT molecular complexity index is 405. The number of aliphatic carboxylic acids is 1. The second-order valence-corrected chi connectivity index (χ2v) is 9.10. The van der Waals surface area contributed by atoms with E-state index < -0.39 is 17.3 Å². The van der Waals surface area contributed by atoms with Crippen LogP contribution in [0.15, 0.2) is 0 Å². The molecule has 0 spiro atoms. The summed E-state index contributed by atoms with van der Waals surface area (Å²) in [5.74, 6) is -1.21. The Morgan fingerprint density at radius 1 is 0.793 bits per heavy atom. The number of carbonyl (C=O) groups is 2. The lowest BCUT2D eigenvalue weighted by molar-refractivity contribution is -0.141. The number of thioether (sulfide) groups is 1. The van der Waals surface area contributed by atoms with Crippen LogP contribution in [0.25, 0.3) is 0 Å². The van der Waals surface area contributed by atoms with E-state index in [0.717, 1.165) is 31.0 Å². The number of aliphatic hydroxyl groups excluding tert-OH is 2. The van der Waals surface area contributed by atoms with Gasteiger partial charge < -0.3 is 20.6 Å². The molecule has 0 fully saturated rings. The number of amides is 1. The van der Waals surface area contributed by atoms with Gasteiger partial charge in [-0.05, 0) is 6.42 Å². The summed E-state index contributed by atoms with van der Waals surface area (Å²) >= 11 is 1.15. The minimum absolute atomic E-state index is 0.130. The van der Waals surface area contributed by atoms with Crippen molar-refractivity contribution in [3.05, 3.63) is 0 Å². The van der Waals surface area contributed by atoms with Gasteiger partial charge in [-0.2, -0.15) is 11.8 Å². The predicted molar refractivity (Wildman–Crippen MR) is 120 cm³/mol. The minimum Gasteiger partial charge on any atom is -0.480 e. The maximum absolute atomic E-state index is 12.0. The smallest absolute Gasteiger partial charge is 0.327 e. The Morgan fingerprint density at radius 2 is 1.24 bits per heavy atom. The summed E-state index contributed by atoms with van der Waals surface area (Å²) in [7, 11) is 0. The number of nitrogens with one attached hydrogen (secondary N) is 1. The number of unbranched alkanes of at least 4 members (excludes halogenated alkanes) is 12. The highest BCUT2D eigenvalue weighted by molar-refractivity contribution is 8.00. The van der Waals surface area contributed by atoms with Crippen molar-refractivity contribution >= 4 is 23.6 Å². The highest BCUT2D eigenvalue weighted by Gasteiger charge is 2.21. The van der Waals surface area contributed by atoms with Crippen LogP contribution in [0.3, 0.4) is 0 Å². The van der Waals surface area contributed by atoms with Crippen LogP contribution in [0, 0.1) is 0 Å². The molecule has 0 aromatic carbocycles. The molecule has 0 aromatic rings. The molecule has 0 aliphatic heterocycles. The van der Waals surface area contributed by atoms with Crippen molar-refractivity contribution in [3.63, 3.8) is 0 Å². The van der Waals surface area contributed by atoms with Crippen LogP contribution in [-0.4, -0.2) is 57.5 Å². The number of rotatable bonds is 21. The van der Waals surface area contributed by atoms with Crippen LogP contribution >= 0.6 is 11.8 Å². The fraction of sp³-hybridized carbons (Fsp3) is 0.909. The highest BCUT2D eigenvalue weighted by Crippen LogP contribution is 2.14. The van der Waals surface area contributed by atoms with Crippen molar-refractivity contribution in [2.24, 2.45) is 0 Å². The molecule has 0 bridgehead atoms. The average molecular weight is 434 g/mol. The minimum atomic E-state index is -1.09. The quantitative estimate of drug-likeness (QED) is 0.203. The highest BCUT2D eigenvalue weighted by atomic mass is 32.2. The third-order valence-electron chi connectivity index (χ3n) is 5.05. The van der Waals surface area contributed by atoms with E-state index in [1.54, 1.807) is 0 Å². The SMILES string of the molecule is CCCCCCCCCCCCCCCC(=O)N[C@@H](CSC(CO)CO)C(=O)O. The Kier molecular flexibility index (Phi) is 19.9. The second-order valence-electron chi connectivity index (χ2n) is 7.77. The van der Waals surface area contributed by atoms with Crippen molar-refractivity contribution in [2.75, 3.05) is 19.0 Å². The normalized spacial score (nSPS) is 12.3. The first-order valence-electron chi connectivity index (χ1n) is 11.4. The predicted octanol–water partition coefficient (Wildman–Crippen LogP) is 4.12. The molecule has 1 atom stereocenters. The summed E-state index contributed by atoms with van der Waals surface area (Å²) in [6.45, 7) is 1.80. The summed E-state index contributed by atoms with van der Waals surface area (Å²) in [4.78, 5) is 23.2. The number of hydrogen-bond acceptors (Lipinski definition) is 5. The van der Waals surface area contributed by atoms with E-state index in [1.807, 2.05) is 0 Å². The van der Waals surface area contributed by atoms with Gasteiger partial charge in [0.2, 0.25) is 5.91 Å². The van der Waals surface area contributed by atoms with Crippen molar-refractivity contribution in [1.82, 2.24) is 5.32 Å². The van der Waals surface area contributed by atoms with E-state index in [4.69, 9.17) is 10.2 Å². The molecule has 172 valence electrons. The summed E-state index contributed by atoms with van der Waals surface area (Å²) in [5, 5.41) is 29.4.